The number of hydrogen-bond acceptors (Lipinski definition) is 7. The van der Waals surface area contributed by atoms with Crippen molar-refractivity contribution in [1.82, 2.24) is 20.7 Å². The van der Waals surface area contributed by atoms with Crippen molar-refractivity contribution in [2.24, 2.45) is 0 Å². The molecule has 1 aromatic heterocycles. The number of carbonyl (C=O) groups is 1. The zero-order valence-corrected chi connectivity index (χ0v) is 15.3. The number of hydrogen-bond donors (Lipinski definition) is 2. The van der Waals surface area contributed by atoms with Crippen LogP contribution >= 0.6 is 11.6 Å². The first-order chi connectivity index (χ1) is 11.8. The van der Waals surface area contributed by atoms with Gasteiger partial charge in [0.15, 0.2) is 5.82 Å². The molecule has 25 heavy (non-hydrogen) atoms. The minimum absolute atomic E-state index is 0.121. The highest BCUT2D eigenvalue weighted by Crippen LogP contribution is 2.40. The summed E-state index contributed by atoms with van der Waals surface area (Å²) in [5, 5.41) is 4.89. The van der Waals surface area contributed by atoms with E-state index in [2.05, 4.69) is 20.7 Å². The predicted molar refractivity (Wildman–Crippen MR) is 95.3 cm³/mol. The number of halogens is 1. The van der Waals surface area contributed by atoms with Crippen LogP contribution < -0.4 is 15.8 Å². The summed E-state index contributed by atoms with van der Waals surface area (Å²) in [5.41, 5.74) is 2.84. The lowest BCUT2D eigenvalue weighted by atomic mass is 9.99. The molecule has 0 amide bonds. The fraction of sp³-hybridized carbons (Fsp3) is 0.353. The van der Waals surface area contributed by atoms with Crippen molar-refractivity contribution in [3.63, 3.8) is 0 Å². The van der Waals surface area contributed by atoms with Crippen molar-refractivity contribution < 1.29 is 9.53 Å². The molecule has 3 rings (SSSR count). The van der Waals surface area contributed by atoms with E-state index < -0.39 is 17.2 Å². The van der Waals surface area contributed by atoms with Gasteiger partial charge in [0.1, 0.15) is 5.60 Å². The molecular weight excluding hydrogens is 342 g/mol. The topological polar surface area (TPSA) is 79.4 Å². The van der Waals surface area contributed by atoms with Gasteiger partial charge in [-0.2, -0.15) is 10.4 Å². The second kappa shape index (κ2) is 6.25. The molecule has 0 fully saturated rings. The molecule has 1 aromatic carbocycles. The van der Waals surface area contributed by atoms with Gasteiger partial charge < -0.3 is 4.74 Å². The summed E-state index contributed by atoms with van der Waals surface area (Å²) < 4.78 is 5.63. The average molecular weight is 362 g/mol. The Hall–Kier alpha value is -2.22. The van der Waals surface area contributed by atoms with Gasteiger partial charge in [-0.3, -0.25) is 10.3 Å². The number of likely N-dealkylation sites (N-methyl/N-ethyl adjacent to an activating group) is 1. The van der Waals surface area contributed by atoms with Crippen LogP contribution in [0.2, 0.25) is 5.28 Å². The number of ether oxygens (including phenoxy) is 1. The van der Waals surface area contributed by atoms with Crippen molar-refractivity contribution in [2.45, 2.75) is 32.0 Å². The first kappa shape index (κ1) is 17.6. The fourth-order valence-corrected chi connectivity index (χ4v) is 2.85. The van der Waals surface area contributed by atoms with E-state index in [1.807, 2.05) is 45.0 Å². The van der Waals surface area contributed by atoms with Crippen molar-refractivity contribution in [3.8, 4) is 0 Å². The second-order valence-corrected chi connectivity index (χ2v) is 6.99. The zero-order valence-electron chi connectivity index (χ0n) is 14.5. The van der Waals surface area contributed by atoms with Gasteiger partial charge in [-0.1, -0.05) is 18.2 Å². The average Bonchev–Trinajstić information content (AvgIpc) is 2.89. The molecule has 7 nitrogen and oxygen atoms in total. The maximum atomic E-state index is 13.0. The van der Waals surface area contributed by atoms with Crippen molar-refractivity contribution in [2.75, 3.05) is 12.1 Å². The molecule has 0 saturated carbocycles. The van der Waals surface area contributed by atoms with E-state index >= 15 is 0 Å². The Bertz CT molecular complexity index is 808. The van der Waals surface area contributed by atoms with E-state index in [1.54, 1.807) is 24.3 Å². The van der Waals surface area contributed by atoms with E-state index in [9.17, 15) is 4.79 Å². The fourth-order valence-electron chi connectivity index (χ4n) is 2.71. The molecular formula is C17H20ClN5O2. The number of benzene rings is 1. The first-order valence-electron chi connectivity index (χ1n) is 7.85. The molecule has 1 aliphatic heterocycles. The van der Waals surface area contributed by atoms with E-state index in [4.69, 9.17) is 16.3 Å². The number of hydrazine groups is 1. The molecule has 132 valence electrons. The van der Waals surface area contributed by atoms with E-state index in [-0.39, 0.29) is 5.28 Å². The number of fused-ring (bicyclic) bond motifs is 1. The Kier molecular flexibility index (Phi) is 4.40. The lowest BCUT2D eigenvalue weighted by Gasteiger charge is -2.32. The van der Waals surface area contributed by atoms with Gasteiger partial charge in [-0.25, -0.2) is 9.78 Å². The van der Waals surface area contributed by atoms with Crippen LogP contribution in [0, 0.1) is 0 Å². The Morgan fingerprint density at radius 2 is 2.04 bits per heavy atom. The number of carbonyl (C=O) groups excluding carboxylic acids is 1. The van der Waals surface area contributed by atoms with Crippen LogP contribution in [0.1, 0.15) is 26.3 Å². The van der Waals surface area contributed by atoms with Gasteiger partial charge in [0.25, 0.3) is 0 Å². The highest BCUT2D eigenvalue weighted by atomic mass is 35.5. The Morgan fingerprint density at radius 3 is 2.68 bits per heavy atom. The summed E-state index contributed by atoms with van der Waals surface area (Å²) in [7, 11) is 1.70. The number of anilines is 2. The molecule has 1 unspecified atom stereocenters. The maximum Gasteiger partial charge on any atom is 0.348 e. The zero-order chi connectivity index (χ0) is 18.2. The lowest BCUT2D eigenvalue weighted by molar-refractivity contribution is -0.165. The van der Waals surface area contributed by atoms with Gasteiger partial charge in [-0.05, 0) is 45.5 Å². The number of aromatic nitrogens is 2. The normalized spacial score (nSPS) is 19.6. The summed E-state index contributed by atoms with van der Waals surface area (Å²) >= 11 is 5.92. The largest absolute Gasteiger partial charge is 0.457 e. The lowest BCUT2D eigenvalue weighted by Crippen LogP contribution is -2.60. The standard InChI is InChI=1S/C17H20ClN5O2/c1-16(2,3)25-14(24)17(19-4)11-7-5-6-8-12(11)23(22-17)13-9-10-20-15(18)21-13/h5-10,19,22H,1-4H3. The summed E-state index contributed by atoms with van der Waals surface area (Å²) in [5.74, 6) is 0.0886. The number of nitrogens with zero attached hydrogens (tertiary/aromatic N) is 3. The Morgan fingerprint density at radius 1 is 1.32 bits per heavy atom. The molecule has 0 radical (unpaired) electrons. The van der Waals surface area contributed by atoms with Gasteiger partial charge in [-0.15, -0.1) is 0 Å². The monoisotopic (exact) mass is 361 g/mol. The Labute approximate surface area is 151 Å². The molecule has 2 N–H and O–H groups in total. The number of nitrogens with one attached hydrogen (secondary N) is 2. The van der Waals surface area contributed by atoms with Gasteiger partial charge in [0, 0.05) is 17.8 Å². The molecule has 1 atom stereocenters. The van der Waals surface area contributed by atoms with Crippen LogP contribution in [0.15, 0.2) is 36.5 Å². The third kappa shape index (κ3) is 3.18. The molecule has 0 aliphatic carbocycles. The van der Waals surface area contributed by atoms with E-state index in [0.29, 0.717) is 5.82 Å². The van der Waals surface area contributed by atoms with Crippen LogP contribution in [0.4, 0.5) is 11.5 Å². The highest BCUT2D eigenvalue weighted by Gasteiger charge is 2.50. The van der Waals surface area contributed by atoms with Crippen LogP contribution in [0.25, 0.3) is 0 Å². The maximum absolute atomic E-state index is 13.0. The van der Waals surface area contributed by atoms with Crippen LogP contribution in [-0.4, -0.2) is 28.6 Å². The summed E-state index contributed by atoms with van der Waals surface area (Å²) in [6.07, 6.45) is 1.56. The van der Waals surface area contributed by atoms with Crippen LogP contribution in [0.5, 0.6) is 0 Å². The Balaban J connectivity index is 2.09. The van der Waals surface area contributed by atoms with Crippen LogP contribution in [0.3, 0.4) is 0 Å². The smallest absolute Gasteiger partial charge is 0.348 e. The molecule has 8 heteroatoms. The first-order valence-corrected chi connectivity index (χ1v) is 8.23. The van der Waals surface area contributed by atoms with Gasteiger partial charge in [0.2, 0.25) is 10.9 Å². The molecule has 2 aromatic rings. The van der Waals surface area contributed by atoms with Crippen LogP contribution in [-0.2, 0) is 15.2 Å². The van der Waals surface area contributed by atoms with Crippen molar-refractivity contribution >= 4 is 29.1 Å². The molecule has 1 aliphatic rings. The molecule has 0 bridgehead atoms. The molecule has 2 heterocycles. The summed E-state index contributed by atoms with van der Waals surface area (Å²) in [6, 6.07) is 9.22. The third-order valence-corrected chi connectivity index (χ3v) is 3.93. The van der Waals surface area contributed by atoms with E-state index in [1.165, 1.54) is 0 Å². The molecule has 0 saturated heterocycles. The SMILES string of the molecule is CNC1(C(=O)OC(C)(C)C)NN(c2ccnc(Cl)n2)c2ccccc21. The predicted octanol–water partition coefficient (Wildman–Crippen LogP) is 2.50. The quantitative estimate of drug-likeness (QED) is 0.642. The highest BCUT2D eigenvalue weighted by molar-refractivity contribution is 6.28. The van der Waals surface area contributed by atoms with Gasteiger partial charge >= 0.3 is 5.97 Å². The van der Waals surface area contributed by atoms with Crippen molar-refractivity contribution in [3.05, 3.63) is 47.4 Å². The van der Waals surface area contributed by atoms with Gasteiger partial charge in [0.05, 0.1) is 5.69 Å². The minimum atomic E-state index is -1.23. The number of rotatable bonds is 3. The molecule has 0 spiro atoms. The minimum Gasteiger partial charge on any atom is -0.457 e. The van der Waals surface area contributed by atoms with Crippen molar-refractivity contribution in [1.29, 1.82) is 0 Å². The number of esters is 1. The third-order valence-electron chi connectivity index (χ3n) is 3.75. The second-order valence-electron chi connectivity index (χ2n) is 6.65. The summed E-state index contributed by atoms with van der Waals surface area (Å²) in [6.45, 7) is 5.49. The number of para-hydroxylation sites is 1. The summed E-state index contributed by atoms with van der Waals surface area (Å²) in [4.78, 5) is 21.1. The van der Waals surface area contributed by atoms with E-state index in [0.717, 1.165) is 11.3 Å².